The molecule has 0 atom stereocenters. The van der Waals surface area contributed by atoms with Gasteiger partial charge in [0, 0.05) is 18.6 Å². The summed E-state index contributed by atoms with van der Waals surface area (Å²) in [7, 11) is 0. The van der Waals surface area contributed by atoms with Gasteiger partial charge in [-0.3, -0.25) is 14.9 Å². The average molecular weight is 279 g/mol. The van der Waals surface area contributed by atoms with Crippen LogP contribution in [0.3, 0.4) is 0 Å². The SMILES string of the molecule is CC(=CCCCC(=O)O)COc1ccc([N+](=O)[O-])cc1. The van der Waals surface area contributed by atoms with Crippen LogP contribution >= 0.6 is 0 Å². The first-order valence-electron chi connectivity index (χ1n) is 6.23. The predicted octanol–water partition coefficient (Wildman–Crippen LogP) is 3.17. The van der Waals surface area contributed by atoms with E-state index in [2.05, 4.69) is 0 Å². The van der Waals surface area contributed by atoms with Gasteiger partial charge in [0.25, 0.3) is 5.69 Å². The van der Waals surface area contributed by atoms with E-state index in [0.717, 1.165) is 5.57 Å². The highest BCUT2D eigenvalue weighted by atomic mass is 16.6. The van der Waals surface area contributed by atoms with Crippen LogP contribution in [-0.2, 0) is 4.79 Å². The molecule has 6 heteroatoms. The lowest BCUT2D eigenvalue weighted by Crippen LogP contribution is -1.99. The number of hydrogen-bond donors (Lipinski definition) is 1. The van der Waals surface area contributed by atoms with Gasteiger partial charge in [-0.15, -0.1) is 0 Å². The van der Waals surface area contributed by atoms with Crippen LogP contribution in [0.25, 0.3) is 0 Å². The first-order chi connectivity index (χ1) is 9.49. The third-order valence-electron chi connectivity index (χ3n) is 2.60. The van der Waals surface area contributed by atoms with Crippen LogP contribution in [0, 0.1) is 10.1 Å². The number of aliphatic carboxylic acids is 1. The third kappa shape index (κ3) is 5.99. The summed E-state index contributed by atoms with van der Waals surface area (Å²) in [6.45, 7) is 2.27. The second kappa shape index (κ2) is 7.93. The highest BCUT2D eigenvalue weighted by Crippen LogP contribution is 2.17. The number of rotatable bonds is 8. The highest BCUT2D eigenvalue weighted by Gasteiger charge is 2.04. The average Bonchev–Trinajstić information content (AvgIpc) is 2.41. The monoisotopic (exact) mass is 279 g/mol. The molecule has 20 heavy (non-hydrogen) atoms. The van der Waals surface area contributed by atoms with Crippen molar-refractivity contribution in [3.63, 3.8) is 0 Å². The predicted molar refractivity (Wildman–Crippen MR) is 73.8 cm³/mol. The molecule has 0 unspecified atom stereocenters. The zero-order chi connectivity index (χ0) is 15.0. The minimum absolute atomic E-state index is 0.0262. The number of nitro groups is 1. The lowest BCUT2D eigenvalue weighted by atomic mass is 10.2. The maximum Gasteiger partial charge on any atom is 0.303 e. The number of unbranched alkanes of at least 4 members (excludes halogenated alkanes) is 1. The van der Waals surface area contributed by atoms with Gasteiger partial charge >= 0.3 is 5.97 Å². The normalized spacial score (nSPS) is 11.2. The minimum atomic E-state index is -0.793. The maximum absolute atomic E-state index is 10.5. The summed E-state index contributed by atoms with van der Waals surface area (Å²) < 4.78 is 5.47. The first-order valence-corrected chi connectivity index (χ1v) is 6.23. The van der Waals surface area contributed by atoms with E-state index in [1.54, 1.807) is 12.1 Å². The summed E-state index contributed by atoms with van der Waals surface area (Å²) >= 11 is 0. The van der Waals surface area contributed by atoms with E-state index in [1.165, 1.54) is 12.1 Å². The number of carbonyl (C=O) groups is 1. The third-order valence-corrected chi connectivity index (χ3v) is 2.60. The molecule has 108 valence electrons. The van der Waals surface area contributed by atoms with Crippen molar-refractivity contribution in [1.29, 1.82) is 0 Å². The van der Waals surface area contributed by atoms with Crippen LogP contribution in [0.2, 0.25) is 0 Å². The van der Waals surface area contributed by atoms with Crippen LogP contribution in [0.1, 0.15) is 26.2 Å². The number of nitro benzene ring substituents is 1. The summed E-state index contributed by atoms with van der Waals surface area (Å²) in [5, 5.41) is 19.0. The second-order valence-electron chi connectivity index (χ2n) is 4.38. The number of nitrogens with zero attached hydrogens (tertiary/aromatic N) is 1. The van der Waals surface area contributed by atoms with Crippen molar-refractivity contribution in [3.05, 3.63) is 46.0 Å². The van der Waals surface area contributed by atoms with Gasteiger partial charge in [0.2, 0.25) is 0 Å². The topological polar surface area (TPSA) is 89.7 Å². The molecule has 1 aromatic carbocycles. The van der Waals surface area contributed by atoms with Crippen molar-refractivity contribution in [3.8, 4) is 5.75 Å². The van der Waals surface area contributed by atoms with Crippen molar-refractivity contribution in [1.82, 2.24) is 0 Å². The number of benzene rings is 1. The molecule has 0 spiro atoms. The molecule has 0 bridgehead atoms. The van der Waals surface area contributed by atoms with Gasteiger partial charge in [-0.25, -0.2) is 0 Å². The van der Waals surface area contributed by atoms with E-state index in [9.17, 15) is 14.9 Å². The molecule has 0 radical (unpaired) electrons. The van der Waals surface area contributed by atoms with E-state index in [-0.39, 0.29) is 12.1 Å². The minimum Gasteiger partial charge on any atom is -0.489 e. The molecule has 6 nitrogen and oxygen atoms in total. The number of carboxylic acid groups (broad SMARTS) is 1. The van der Waals surface area contributed by atoms with E-state index in [1.807, 2.05) is 13.0 Å². The lowest BCUT2D eigenvalue weighted by Gasteiger charge is -2.06. The van der Waals surface area contributed by atoms with Gasteiger partial charge < -0.3 is 9.84 Å². The lowest BCUT2D eigenvalue weighted by molar-refractivity contribution is -0.384. The van der Waals surface area contributed by atoms with E-state index >= 15 is 0 Å². The summed E-state index contributed by atoms with van der Waals surface area (Å²) in [4.78, 5) is 20.4. The number of allylic oxidation sites excluding steroid dienone is 1. The van der Waals surface area contributed by atoms with Crippen LogP contribution in [0.15, 0.2) is 35.9 Å². The Morgan fingerprint density at radius 3 is 2.60 bits per heavy atom. The number of carboxylic acids is 1. The van der Waals surface area contributed by atoms with Gasteiger partial charge in [-0.1, -0.05) is 6.08 Å². The Hall–Kier alpha value is -2.37. The van der Waals surface area contributed by atoms with Gasteiger partial charge in [0.05, 0.1) is 4.92 Å². The molecular weight excluding hydrogens is 262 g/mol. The fourth-order valence-corrected chi connectivity index (χ4v) is 1.52. The fraction of sp³-hybridized carbons (Fsp3) is 0.357. The molecule has 1 N–H and O–H groups in total. The molecule has 0 fully saturated rings. The molecule has 0 aliphatic heterocycles. The van der Waals surface area contributed by atoms with E-state index in [4.69, 9.17) is 9.84 Å². The molecule has 0 saturated heterocycles. The van der Waals surface area contributed by atoms with Crippen molar-refractivity contribution < 1.29 is 19.6 Å². The zero-order valence-corrected chi connectivity index (χ0v) is 11.2. The van der Waals surface area contributed by atoms with Gasteiger partial charge in [0.15, 0.2) is 0 Å². The molecule has 0 heterocycles. The molecule has 0 aromatic heterocycles. The Labute approximate surface area is 116 Å². The van der Waals surface area contributed by atoms with Gasteiger partial charge in [-0.2, -0.15) is 0 Å². The smallest absolute Gasteiger partial charge is 0.303 e. The molecule has 0 saturated carbocycles. The molecular formula is C14H17NO5. The second-order valence-corrected chi connectivity index (χ2v) is 4.38. The van der Waals surface area contributed by atoms with E-state index < -0.39 is 10.9 Å². The summed E-state index contributed by atoms with van der Waals surface area (Å²) in [5.74, 6) is -0.230. The van der Waals surface area contributed by atoms with Crippen LogP contribution in [0.4, 0.5) is 5.69 Å². The standard InChI is InChI=1S/C14H17NO5/c1-11(4-2-3-5-14(16)17)10-20-13-8-6-12(7-9-13)15(18)19/h4,6-9H,2-3,5,10H2,1H3,(H,16,17). The number of ether oxygens (including phenoxy) is 1. The Morgan fingerprint density at radius 1 is 1.40 bits per heavy atom. The molecule has 1 rings (SSSR count). The molecule has 0 amide bonds. The van der Waals surface area contributed by atoms with Crippen molar-refractivity contribution in [2.45, 2.75) is 26.2 Å². The Morgan fingerprint density at radius 2 is 2.05 bits per heavy atom. The molecule has 0 aliphatic carbocycles. The summed E-state index contributed by atoms with van der Waals surface area (Å²) in [5.41, 5.74) is 1.02. The van der Waals surface area contributed by atoms with Crippen molar-refractivity contribution >= 4 is 11.7 Å². The highest BCUT2D eigenvalue weighted by molar-refractivity contribution is 5.66. The first kappa shape index (κ1) is 15.7. The maximum atomic E-state index is 10.5. The number of hydrogen-bond acceptors (Lipinski definition) is 4. The van der Waals surface area contributed by atoms with Gasteiger partial charge in [-0.05, 0) is 37.5 Å². The largest absolute Gasteiger partial charge is 0.489 e. The molecule has 0 aliphatic rings. The van der Waals surface area contributed by atoms with Crippen LogP contribution in [-0.4, -0.2) is 22.6 Å². The van der Waals surface area contributed by atoms with Crippen LogP contribution in [0.5, 0.6) is 5.75 Å². The number of non-ortho nitro benzene ring substituents is 1. The van der Waals surface area contributed by atoms with Crippen LogP contribution < -0.4 is 4.74 Å². The fourth-order valence-electron chi connectivity index (χ4n) is 1.52. The Kier molecular flexibility index (Phi) is 6.22. The molecule has 1 aromatic rings. The summed E-state index contributed by atoms with van der Waals surface area (Å²) in [6.07, 6.45) is 3.40. The van der Waals surface area contributed by atoms with Crippen molar-refractivity contribution in [2.75, 3.05) is 6.61 Å². The Balaban J connectivity index is 2.36. The summed E-state index contributed by atoms with van der Waals surface area (Å²) in [6, 6.07) is 5.88. The zero-order valence-electron chi connectivity index (χ0n) is 11.2. The van der Waals surface area contributed by atoms with Crippen molar-refractivity contribution in [2.24, 2.45) is 0 Å². The quantitative estimate of drug-likeness (QED) is 0.341. The van der Waals surface area contributed by atoms with Gasteiger partial charge in [0.1, 0.15) is 12.4 Å². The van der Waals surface area contributed by atoms with E-state index in [0.29, 0.717) is 25.2 Å². The Bertz CT molecular complexity index is 493.